The summed E-state index contributed by atoms with van der Waals surface area (Å²) < 4.78 is 0. The first kappa shape index (κ1) is 13.5. The fraction of sp³-hybridized carbons (Fsp3) is 0.750. The molecule has 1 fully saturated rings. The van der Waals surface area contributed by atoms with Gasteiger partial charge in [0.1, 0.15) is 5.78 Å². The van der Waals surface area contributed by atoms with Crippen LogP contribution in [0.25, 0.3) is 0 Å². The van der Waals surface area contributed by atoms with E-state index in [1.807, 2.05) is 6.08 Å². The van der Waals surface area contributed by atoms with Gasteiger partial charge in [0, 0.05) is 19.3 Å². The van der Waals surface area contributed by atoms with Gasteiger partial charge in [0.2, 0.25) is 0 Å². The predicted molar refractivity (Wildman–Crippen MR) is 72.4 cm³/mol. The van der Waals surface area contributed by atoms with E-state index in [0.717, 1.165) is 44.9 Å². The number of rotatable bonds is 5. The molecule has 0 saturated heterocycles. The molecule has 0 radical (unpaired) electrons. The van der Waals surface area contributed by atoms with Crippen molar-refractivity contribution in [2.75, 3.05) is 0 Å². The van der Waals surface area contributed by atoms with Crippen molar-refractivity contribution in [1.29, 1.82) is 0 Å². The molecule has 2 aliphatic rings. The number of hydrogen-bond acceptors (Lipinski definition) is 2. The Kier molecular flexibility index (Phi) is 5.15. The molecule has 0 aromatic heterocycles. The number of hydrogen-bond donors (Lipinski definition) is 0. The van der Waals surface area contributed by atoms with E-state index in [1.54, 1.807) is 0 Å². The van der Waals surface area contributed by atoms with Crippen LogP contribution >= 0.6 is 0 Å². The summed E-state index contributed by atoms with van der Waals surface area (Å²) >= 11 is 0. The van der Waals surface area contributed by atoms with Crippen LogP contribution in [0.4, 0.5) is 0 Å². The summed E-state index contributed by atoms with van der Waals surface area (Å²) in [6, 6.07) is 0. The van der Waals surface area contributed by atoms with Crippen molar-refractivity contribution >= 4 is 11.6 Å². The molecule has 2 rings (SSSR count). The van der Waals surface area contributed by atoms with Crippen LogP contribution in [0.3, 0.4) is 0 Å². The molecule has 2 heteroatoms. The molecule has 0 aromatic carbocycles. The fourth-order valence-corrected chi connectivity index (χ4v) is 3.20. The molecule has 1 saturated carbocycles. The highest BCUT2D eigenvalue weighted by atomic mass is 16.1. The average Bonchev–Trinajstić information content (AvgIpc) is 2.35. The van der Waals surface area contributed by atoms with Gasteiger partial charge < -0.3 is 0 Å². The van der Waals surface area contributed by atoms with Gasteiger partial charge in [0.15, 0.2) is 5.78 Å². The van der Waals surface area contributed by atoms with E-state index in [-0.39, 0.29) is 0 Å². The number of carbonyl (C=O) groups is 2. The van der Waals surface area contributed by atoms with Crippen molar-refractivity contribution in [3.63, 3.8) is 0 Å². The zero-order valence-corrected chi connectivity index (χ0v) is 11.2. The van der Waals surface area contributed by atoms with Crippen LogP contribution in [0, 0.1) is 5.92 Å². The minimum absolute atomic E-state index is 0.314. The minimum atomic E-state index is 0.314. The second kappa shape index (κ2) is 6.86. The third-order valence-electron chi connectivity index (χ3n) is 4.23. The fourth-order valence-electron chi connectivity index (χ4n) is 3.20. The van der Waals surface area contributed by atoms with Crippen molar-refractivity contribution < 1.29 is 9.59 Å². The van der Waals surface area contributed by atoms with Gasteiger partial charge in [0.05, 0.1) is 0 Å². The Hall–Kier alpha value is -0.920. The Bertz CT molecular complexity index is 341. The normalized spacial score (nSPS) is 25.1. The summed E-state index contributed by atoms with van der Waals surface area (Å²) in [5, 5.41) is 0. The summed E-state index contributed by atoms with van der Waals surface area (Å²) in [5.41, 5.74) is 1.35. The van der Waals surface area contributed by atoms with Gasteiger partial charge in [-0.25, -0.2) is 0 Å². The Labute approximate surface area is 110 Å². The molecule has 2 nitrogen and oxygen atoms in total. The van der Waals surface area contributed by atoms with Gasteiger partial charge in [-0.05, 0) is 50.5 Å². The van der Waals surface area contributed by atoms with E-state index in [1.165, 1.54) is 31.3 Å². The van der Waals surface area contributed by atoms with Crippen molar-refractivity contribution in [2.45, 2.75) is 70.6 Å². The summed E-state index contributed by atoms with van der Waals surface area (Å²) in [7, 11) is 0. The summed E-state index contributed by atoms with van der Waals surface area (Å²) in [6.45, 7) is 0. The lowest BCUT2D eigenvalue weighted by atomic mass is 9.84. The number of carbonyl (C=O) groups excluding carboxylic acids is 2. The van der Waals surface area contributed by atoms with E-state index >= 15 is 0 Å². The lowest BCUT2D eigenvalue weighted by Gasteiger charge is -2.20. The summed E-state index contributed by atoms with van der Waals surface area (Å²) in [4.78, 5) is 22.6. The maximum Gasteiger partial charge on any atom is 0.155 e. The molecule has 1 unspecified atom stereocenters. The predicted octanol–water partition coefficient (Wildman–Crippen LogP) is 3.99. The number of ketones is 2. The van der Waals surface area contributed by atoms with Gasteiger partial charge in [0.25, 0.3) is 0 Å². The number of Topliss-reactive ketones (excluding diaryl/α,β-unsaturated/α-hetero) is 1. The molecule has 18 heavy (non-hydrogen) atoms. The molecule has 0 amide bonds. The van der Waals surface area contributed by atoms with Gasteiger partial charge in [-0.3, -0.25) is 9.59 Å². The van der Waals surface area contributed by atoms with Crippen LogP contribution in [0.2, 0.25) is 0 Å². The maximum absolute atomic E-state index is 11.3. The molecule has 2 aliphatic carbocycles. The van der Waals surface area contributed by atoms with Gasteiger partial charge >= 0.3 is 0 Å². The maximum atomic E-state index is 11.3. The van der Waals surface area contributed by atoms with Crippen LogP contribution in [0.1, 0.15) is 70.6 Å². The van der Waals surface area contributed by atoms with Crippen molar-refractivity contribution in [3.05, 3.63) is 11.6 Å². The average molecular weight is 248 g/mol. The van der Waals surface area contributed by atoms with Gasteiger partial charge in [-0.2, -0.15) is 0 Å². The highest BCUT2D eigenvalue weighted by Crippen LogP contribution is 2.27. The van der Waals surface area contributed by atoms with E-state index in [0.29, 0.717) is 17.5 Å². The molecular formula is C16H24O2. The zero-order chi connectivity index (χ0) is 12.8. The molecule has 0 spiro atoms. The molecule has 0 aromatic rings. The largest absolute Gasteiger partial charge is 0.300 e. The van der Waals surface area contributed by atoms with Crippen molar-refractivity contribution in [1.82, 2.24) is 0 Å². The smallest absolute Gasteiger partial charge is 0.155 e. The molecule has 100 valence electrons. The standard InChI is InChI=1S/C16H24O2/c17-15-9-3-7-13(11-15)5-1-2-6-14-8-4-10-16(18)12-14/h11,14H,1-10,12H2. The Balaban J connectivity index is 1.61. The number of allylic oxidation sites excluding steroid dienone is 2. The molecule has 0 bridgehead atoms. The molecule has 0 N–H and O–H groups in total. The summed E-state index contributed by atoms with van der Waals surface area (Å²) in [5.74, 6) is 1.43. The molecular weight excluding hydrogens is 224 g/mol. The summed E-state index contributed by atoms with van der Waals surface area (Å²) in [6.07, 6.45) is 13.4. The van der Waals surface area contributed by atoms with E-state index in [9.17, 15) is 9.59 Å². The van der Waals surface area contributed by atoms with E-state index < -0.39 is 0 Å². The first-order chi connectivity index (χ1) is 8.74. The quantitative estimate of drug-likeness (QED) is 0.689. The lowest BCUT2D eigenvalue weighted by Crippen LogP contribution is -2.14. The third kappa shape index (κ3) is 4.40. The SMILES string of the molecule is O=C1C=C(CCCCC2CCCC(=O)C2)CCC1. The van der Waals surface area contributed by atoms with Gasteiger partial charge in [-0.15, -0.1) is 0 Å². The number of unbranched alkanes of at least 4 members (excludes halogenated alkanes) is 1. The minimum Gasteiger partial charge on any atom is -0.300 e. The second-order valence-corrected chi connectivity index (χ2v) is 5.87. The van der Waals surface area contributed by atoms with Crippen LogP contribution in [-0.2, 0) is 9.59 Å². The highest BCUT2D eigenvalue weighted by molar-refractivity contribution is 5.91. The van der Waals surface area contributed by atoms with Gasteiger partial charge in [-0.1, -0.05) is 18.4 Å². The van der Waals surface area contributed by atoms with Crippen molar-refractivity contribution in [2.24, 2.45) is 5.92 Å². The second-order valence-electron chi connectivity index (χ2n) is 5.87. The van der Waals surface area contributed by atoms with Crippen LogP contribution in [0.15, 0.2) is 11.6 Å². The first-order valence-electron chi connectivity index (χ1n) is 7.48. The topological polar surface area (TPSA) is 34.1 Å². The van der Waals surface area contributed by atoms with Crippen LogP contribution < -0.4 is 0 Å². The lowest BCUT2D eigenvalue weighted by molar-refractivity contribution is -0.121. The van der Waals surface area contributed by atoms with Crippen LogP contribution in [0.5, 0.6) is 0 Å². The highest BCUT2D eigenvalue weighted by Gasteiger charge is 2.18. The molecule has 1 atom stereocenters. The monoisotopic (exact) mass is 248 g/mol. The van der Waals surface area contributed by atoms with E-state index in [2.05, 4.69) is 0 Å². The van der Waals surface area contributed by atoms with Crippen LogP contribution in [-0.4, -0.2) is 11.6 Å². The first-order valence-corrected chi connectivity index (χ1v) is 7.48. The third-order valence-corrected chi connectivity index (χ3v) is 4.23. The molecule has 0 aliphatic heterocycles. The van der Waals surface area contributed by atoms with E-state index in [4.69, 9.17) is 0 Å². The zero-order valence-electron chi connectivity index (χ0n) is 11.2. The Morgan fingerprint density at radius 2 is 1.94 bits per heavy atom. The van der Waals surface area contributed by atoms with Crippen molar-refractivity contribution in [3.8, 4) is 0 Å². The Morgan fingerprint density at radius 3 is 2.72 bits per heavy atom. The molecule has 0 heterocycles. The Morgan fingerprint density at radius 1 is 1.06 bits per heavy atom.